The third-order valence-corrected chi connectivity index (χ3v) is 6.95. The first-order chi connectivity index (χ1) is 17.8. The van der Waals surface area contributed by atoms with Crippen LogP contribution in [0.2, 0.25) is 0 Å². The number of phenols is 1. The number of rotatable bonds is 13. The molecule has 0 aliphatic rings. The zero-order chi connectivity index (χ0) is 26.8. The lowest BCUT2D eigenvalue weighted by Gasteiger charge is -2.30. The lowest BCUT2D eigenvalue weighted by atomic mass is 9.97. The number of unbranched alkanes of at least 4 members (excludes halogenated alkanes) is 1. The van der Waals surface area contributed by atoms with Crippen molar-refractivity contribution in [3.63, 3.8) is 0 Å². The highest BCUT2D eigenvalue weighted by Crippen LogP contribution is 2.28. The molecule has 0 radical (unpaired) electrons. The summed E-state index contributed by atoms with van der Waals surface area (Å²) in [6.45, 7) is 10.7. The van der Waals surface area contributed by atoms with Gasteiger partial charge < -0.3 is 15.3 Å². The Morgan fingerprint density at radius 1 is 0.919 bits per heavy atom. The van der Waals surface area contributed by atoms with Crippen LogP contribution in [0.25, 0.3) is 0 Å². The number of hydrogen-bond acceptors (Lipinski definition) is 3. The molecule has 0 saturated heterocycles. The fraction of sp³-hybridized carbons (Fsp3) is 0.424. The number of hydrogen-bond donors (Lipinski definition) is 2. The van der Waals surface area contributed by atoms with Gasteiger partial charge in [0.1, 0.15) is 5.75 Å². The molecule has 0 fully saturated rings. The van der Waals surface area contributed by atoms with Gasteiger partial charge >= 0.3 is 0 Å². The fourth-order valence-corrected chi connectivity index (χ4v) is 4.75. The smallest absolute Gasteiger partial charge is 0.227 e. The van der Waals surface area contributed by atoms with E-state index < -0.39 is 0 Å². The molecular weight excluding hydrogens is 456 g/mol. The molecule has 37 heavy (non-hydrogen) atoms. The van der Waals surface area contributed by atoms with Crippen molar-refractivity contribution < 1.29 is 9.90 Å². The molecule has 4 nitrogen and oxygen atoms in total. The van der Waals surface area contributed by atoms with Crippen molar-refractivity contribution in [3.05, 3.63) is 83.4 Å². The molecule has 198 valence electrons. The average Bonchev–Trinajstić information content (AvgIpc) is 2.89. The topological polar surface area (TPSA) is 52.6 Å². The Balaban J connectivity index is 1.76. The molecule has 3 aromatic rings. The van der Waals surface area contributed by atoms with Gasteiger partial charge in [-0.2, -0.15) is 0 Å². The first-order valence-electron chi connectivity index (χ1n) is 13.8. The zero-order valence-corrected chi connectivity index (χ0v) is 23.3. The van der Waals surface area contributed by atoms with Crippen LogP contribution in [0.1, 0.15) is 76.5 Å². The van der Waals surface area contributed by atoms with Crippen LogP contribution >= 0.6 is 0 Å². The van der Waals surface area contributed by atoms with E-state index in [1.54, 1.807) is 0 Å². The predicted octanol–water partition coefficient (Wildman–Crippen LogP) is 8.58. The van der Waals surface area contributed by atoms with E-state index in [1.165, 1.54) is 0 Å². The molecule has 0 aromatic heterocycles. The Kier molecular flexibility index (Phi) is 10.6. The summed E-state index contributed by atoms with van der Waals surface area (Å²) in [6.07, 6.45) is 6.15. The Bertz CT molecular complexity index is 1120. The summed E-state index contributed by atoms with van der Waals surface area (Å²) in [5, 5.41) is 13.9. The summed E-state index contributed by atoms with van der Waals surface area (Å²) in [5.41, 5.74) is 5.97. The van der Waals surface area contributed by atoms with E-state index in [2.05, 4.69) is 39.1 Å². The molecule has 1 amide bonds. The lowest BCUT2D eigenvalue weighted by molar-refractivity contribution is -0.119. The molecule has 0 heterocycles. The molecule has 3 rings (SSSR count). The van der Waals surface area contributed by atoms with Crippen molar-refractivity contribution >= 4 is 23.0 Å². The Labute approximate surface area is 223 Å². The number of carbonyl (C=O) groups excluding carboxylic acids is 1. The number of para-hydroxylation sites is 1. The van der Waals surface area contributed by atoms with Gasteiger partial charge in [0.25, 0.3) is 0 Å². The summed E-state index contributed by atoms with van der Waals surface area (Å²) in [6, 6.07) is 22.5. The van der Waals surface area contributed by atoms with Gasteiger partial charge in [0.05, 0.1) is 0 Å². The first kappa shape index (κ1) is 28.3. The average molecular weight is 501 g/mol. The SMILES string of the molecule is CCCCc1cc(CCC(=O)N(c2ccc(Nc3ccccc3)cc2)C(C)CCC(C)C)cc(C)c1O. The molecule has 4 heteroatoms. The van der Waals surface area contributed by atoms with Crippen molar-refractivity contribution in [3.8, 4) is 5.75 Å². The molecule has 2 N–H and O–H groups in total. The summed E-state index contributed by atoms with van der Waals surface area (Å²) in [5.74, 6) is 1.14. The van der Waals surface area contributed by atoms with Crippen molar-refractivity contribution in [2.45, 2.75) is 85.6 Å². The number of nitrogens with one attached hydrogen (secondary N) is 1. The van der Waals surface area contributed by atoms with Crippen molar-refractivity contribution in [2.75, 3.05) is 10.2 Å². The van der Waals surface area contributed by atoms with E-state index in [0.717, 1.165) is 65.9 Å². The minimum Gasteiger partial charge on any atom is -0.507 e. The Morgan fingerprint density at radius 2 is 1.59 bits per heavy atom. The fourth-order valence-electron chi connectivity index (χ4n) is 4.75. The van der Waals surface area contributed by atoms with E-state index in [-0.39, 0.29) is 11.9 Å². The molecule has 0 aliphatic heterocycles. The standard InChI is InChI=1S/C33H44N2O2/c1-6-7-11-28-23-27(22-25(4)33(28)37)16-21-32(36)35(26(5)15-14-24(2)3)31-19-17-30(18-20-31)34-29-12-9-8-10-13-29/h8-10,12-13,17-20,22-24,26,34,37H,6-7,11,14-16,21H2,1-5H3. The third kappa shape index (κ3) is 8.38. The largest absolute Gasteiger partial charge is 0.507 e. The predicted molar refractivity (Wildman–Crippen MR) is 157 cm³/mol. The van der Waals surface area contributed by atoms with Gasteiger partial charge in [0.2, 0.25) is 5.91 Å². The maximum absolute atomic E-state index is 13.6. The number of aromatic hydroxyl groups is 1. The molecular formula is C33H44N2O2. The number of benzene rings is 3. The van der Waals surface area contributed by atoms with Crippen molar-refractivity contribution in [2.24, 2.45) is 5.92 Å². The number of aryl methyl sites for hydroxylation is 3. The van der Waals surface area contributed by atoms with Crippen LogP contribution in [0.3, 0.4) is 0 Å². The van der Waals surface area contributed by atoms with Crippen LogP contribution in [0.4, 0.5) is 17.1 Å². The van der Waals surface area contributed by atoms with Gasteiger partial charge in [-0.25, -0.2) is 0 Å². The molecule has 3 aromatic carbocycles. The second kappa shape index (κ2) is 13.9. The number of amides is 1. The monoisotopic (exact) mass is 500 g/mol. The molecule has 1 atom stereocenters. The first-order valence-corrected chi connectivity index (χ1v) is 13.8. The van der Waals surface area contributed by atoms with Gasteiger partial charge in [-0.1, -0.05) is 57.5 Å². The normalized spacial score (nSPS) is 11.9. The lowest BCUT2D eigenvalue weighted by Crippen LogP contribution is -2.39. The Morgan fingerprint density at radius 3 is 2.24 bits per heavy atom. The summed E-state index contributed by atoms with van der Waals surface area (Å²) >= 11 is 0. The van der Waals surface area contributed by atoms with E-state index in [0.29, 0.717) is 24.5 Å². The quantitative estimate of drug-likeness (QED) is 0.247. The number of nitrogens with zero attached hydrogens (tertiary/aromatic N) is 1. The van der Waals surface area contributed by atoms with Gasteiger partial charge in [0, 0.05) is 29.5 Å². The van der Waals surface area contributed by atoms with Gasteiger partial charge in [-0.3, -0.25) is 4.79 Å². The number of carbonyl (C=O) groups is 1. The molecule has 0 spiro atoms. The van der Waals surface area contributed by atoms with E-state index in [1.807, 2.05) is 72.5 Å². The molecule has 0 bridgehead atoms. The van der Waals surface area contributed by atoms with Crippen LogP contribution in [0.5, 0.6) is 5.75 Å². The summed E-state index contributed by atoms with van der Waals surface area (Å²) in [7, 11) is 0. The number of phenolic OH excluding ortho intramolecular Hbond substituents is 1. The maximum Gasteiger partial charge on any atom is 0.227 e. The summed E-state index contributed by atoms with van der Waals surface area (Å²) in [4.78, 5) is 15.6. The van der Waals surface area contributed by atoms with Crippen LogP contribution in [-0.4, -0.2) is 17.1 Å². The second-order valence-corrected chi connectivity index (χ2v) is 10.6. The Hall–Kier alpha value is -3.27. The van der Waals surface area contributed by atoms with Gasteiger partial charge in [-0.05, 0) is 105 Å². The second-order valence-electron chi connectivity index (χ2n) is 10.6. The molecule has 1 unspecified atom stereocenters. The van der Waals surface area contributed by atoms with Crippen LogP contribution in [-0.2, 0) is 17.6 Å². The highest BCUT2D eigenvalue weighted by atomic mass is 16.3. The van der Waals surface area contributed by atoms with Crippen molar-refractivity contribution in [1.29, 1.82) is 0 Å². The summed E-state index contributed by atoms with van der Waals surface area (Å²) < 4.78 is 0. The van der Waals surface area contributed by atoms with Gasteiger partial charge in [-0.15, -0.1) is 0 Å². The highest BCUT2D eigenvalue weighted by Gasteiger charge is 2.22. The van der Waals surface area contributed by atoms with Crippen LogP contribution in [0.15, 0.2) is 66.7 Å². The third-order valence-electron chi connectivity index (χ3n) is 6.95. The zero-order valence-electron chi connectivity index (χ0n) is 23.3. The highest BCUT2D eigenvalue weighted by molar-refractivity contribution is 5.94. The minimum absolute atomic E-state index is 0.115. The maximum atomic E-state index is 13.6. The number of anilines is 3. The van der Waals surface area contributed by atoms with Crippen LogP contribution in [0, 0.1) is 12.8 Å². The van der Waals surface area contributed by atoms with E-state index in [9.17, 15) is 9.90 Å². The minimum atomic E-state index is 0.115. The van der Waals surface area contributed by atoms with Gasteiger partial charge in [0.15, 0.2) is 0 Å². The van der Waals surface area contributed by atoms with Crippen LogP contribution < -0.4 is 10.2 Å². The molecule has 0 aliphatic carbocycles. The van der Waals surface area contributed by atoms with Crippen molar-refractivity contribution in [1.82, 2.24) is 0 Å². The van der Waals surface area contributed by atoms with E-state index >= 15 is 0 Å². The molecule has 0 saturated carbocycles. The van der Waals surface area contributed by atoms with E-state index in [4.69, 9.17) is 0 Å².